The summed E-state index contributed by atoms with van der Waals surface area (Å²) in [5.41, 5.74) is 2.48. The Morgan fingerprint density at radius 1 is 1.45 bits per heavy atom. The number of aliphatic hydroxyl groups is 1. The first-order valence-electron chi connectivity index (χ1n) is 6.65. The van der Waals surface area contributed by atoms with E-state index in [-0.39, 0.29) is 18.3 Å². The normalized spacial score (nSPS) is 20.6. The zero-order valence-corrected chi connectivity index (χ0v) is 12.6. The van der Waals surface area contributed by atoms with Crippen molar-refractivity contribution >= 4 is 15.7 Å². The molecule has 1 aromatic carbocycles. The molecule has 0 saturated carbocycles. The standard InChI is InChI=1S/C15H19NO3S/c1-12-10-16(20(18,19)11-12)15-7-6-14(9-13(15)2)5-3-4-8-17/h6-7,9,12,17H,4,8,10-11H2,1-2H3. The lowest BCUT2D eigenvalue weighted by atomic mass is 10.1. The molecule has 1 aromatic rings. The van der Waals surface area contributed by atoms with Crippen LogP contribution in [0.5, 0.6) is 0 Å². The highest BCUT2D eigenvalue weighted by atomic mass is 32.2. The lowest BCUT2D eigenvalue weighted by Gasteiger charge is -2.19. The molecule has 5 heteroatoms. The van der Waals surface area contributed by atoms with Crippen LogP contribution in [-0.2, 0) is 10.0 Å². The van der Waals surface area contributed by atoms with Gasteiger partial charge in [0.15, 0.2) is 0 Å². The Morgan fingerprint density at radius 2 is 2.20 bits per heavy atom. The van der Waals surface area contributed by atoms with Crippen LogP contribution in [-0.4, -0.2) is 32.4 Å². The van der Waals surface area contributed by atoms with Crippen molar-refractivity contribution in [1.82, 2.24) is 0 Å². The molecular weight excluding hydrogens is 274 g/mol. The highest BCUT2D eigenvalue weighted by molar-refractivity contribution is 7.93. The summed E-state index contributed by atoms with van der Waals surface area (Å²) in [5.74, 6) is 6.18. The molecule has 1 saturated heterocycles. The second-order valence-corrected chi connectivity index (χ2v) is 7.13. The topological polar surface area (TPSA) is 57.6 Å². The average Bonchev–Trinajstić information content (AvgIpc) is 2.63. The Hall–Kier alpha value is -1.51. The third kappa shape index (κ3) is 3.14. The van der Waals surface area contributed by atoms with E-state index in [1.165, 1.54) is 4.31 Å². The van der Waals surface area contributed by atoms with Gasteiger partial charge >= 0.3 is 0 Å². The molecule has 0 bridgehead atoms. The van der Waals surface area contributed by atoms with Gasteiger partial charge in [-0.2, -0.15) is 0 Å². The van der Waals surface area contributed by atoms with E-state index in [9.17, 15) is 8.42 Å². The van der Waals surface area contributed by atoms with Crippen molar-refractivity contribution < 1.29 is 13.5 Å². The minimum atomic E-state index is -3.18. The summed E-state index contributed by atoms with van der Waals surface area (Å²) in [7, 11) is -3.18. The van der Waals surface area contributed by atoms with E-state index in [4.69, 9.17) is 5.11 Å². The van der Waals surface area contributed by atoms with Crippen LogP contribution >= 0.6 is 0 Å². The first kappa shape index (κ1) is 14.9. The van der Waals surface area contributed by atoms with Crippen molar-refractivity contribution in [3.05, 3.63) is 29.3 Å². The van der Waals surface area contributed by atoms with E-state index < -0.39 is 10.0 Å². The third-order valence-electron chi connectivity index (χ3n) is 3.24. The summed E-state index contributed by atoms with van der Waals surface area (Å²) in [5, 5.41) is 8.69. The second kappa shape index (κ2) is 5.86. The summed E-state index contributed by atoms with van der Waals surface area (Å²) in [4.78, 5) is 0. The molecule has 4 nitrogen and oxygen atoms in total. The molecule has 1 aliphatic heterocycles. The number of nitrogens with zero attached hydrogens (tertiary/aromatic N) is 1. The molecule has 1 aliphatic rings. The maximum absolute atomic E-state index is 12.1. The molecule has 0 radical (unpaired) electrons. The maximum Gasteiger partial charge on any atom is 0.235 e. The molecule has 1 N–H and O–H groups in total. The monoisotopic (exact) mass is 293 g/mol. The van der Waals surface area contributed by atoms with Crippen LogP contribution in [0.1, 0.15) is 24.5 Å². The zero-order chi connectivity index (χ0) is 14.8. The smallest absolute Gasteiger partial charge is 0.235 e. The fourth-order valence-electron chi connectivity index (χ4n) is 2.38. The van der Waals surface area contributed by atoms with Crippen molar-refractivity contribution in [2.45, 2.75) is 20.3 Å². The molecule has 0 spiro atoms. The summed E-state index contributed by atoms with van der Waals surface area (Å²) in [6.45, 7) is 4.43. The molecule has 0 amide bonds. The van der Waals surface area contributed by atoms with Crippen molar-refractivity contribution in [2.75, 3.05) is 23.2 Å². The molecule has 1 fully saturated rings. The van der Waals surface area contributed by atoms with Crippen LogP contribution in [0.25, 0.3) is 0 Å². The summed E-state index contributed by atoms with van der Waals surface area (Å²) < 4.78 is 25.7. The molecule has 0 aliphatic carbocycles. The third-order valence-corrected chi connectivity index (χ3v) is 5.25. The number of hydrogen-bond donors (Lipinski definition) is 1. The minimum absolute atomic E-state index is 0.0496. The Bertz CT molecular complexity index is 655. The van der Waals surface area contributed by atoms with Crippen molar-refractivity contribution in [1.29, 1.82) is 0 Å². The van der Waals surface area contributed by atoms with Crippen LogP contribution in [0, 0.1) is 24.7 Å². The summed E-state index contributed by atoms with van der Waals surface area (Å²) in [6.07, 6.45) is 0.443. The lowest BCUT2D eigenvalue weighted by molar-refractivity contribution is 0.305. The van der Waals surface area contributed by atoms with E-state index in [1.807, 2.05) is 32.0 Å². The Kier molecular flexibility index (Phi) is 4.36. The summed E-state index contributed by atoms with van der Waals surface area (Å²) in [6, 6.07) is 5.53. The highest BCUT2D eigenvalue weighted by Crippen LogP contribution is 2.29. The van der Waals surface area contributed by atoms with E-state index in [1.54, 1.807) is 0 Å². The van der Waals surface area contributed by atoms with Gasteiger partial charge in [-0.3, -0.25) is 4.31 Å². The average molecular weight is 293 g/mol. The quantitative estimate of drug-likeness (QED) is 0.841. The number of rotatable bonds is 2. The number of benzene rings is 1. The van der Waals surface area contributed by atoms with Gasteiger partial charge in [0.05, 0.1) is 18.0 Å². The van der Waals surface area contributed by atoms with E-state index >= 15 is 0 Å². The second-order valence-electron chi connectivity index (χ2n) is 5.19. The predicted octanol–water partition coefficient (Wildman–Crippen LogP) is 1.51. The van der Waals surface area contributed by atoms with Crippen LogP contribution < -0.4 is 4.31 Å². The van der Waals surface area contributed by atoms with Crippen LogP contribution in [0.2, 0.25) is 0 Å². The molecule has 108 valence electrons. The van der Waals surface area contributed by atoms with Gasteiger partial charge in [0.25, 0.3) is 0 Å². The van der Waals surface area contributed by atoms with Gasteiger partial charge in [0, 0.05) is 18.5 Å². The van der Waals surface area contributed by atoms with Gasteiger partial charge in [-0.1, -0.05) is 18.8 Å². The highest BCUT2D eigenvalue weighted by Gasteiger charge is 2.34. The van der Waals surface area contributed by atoms with Gasteiger partial charge in [-0.05, 0) is 36.6 Å². The number of sulfonamides is 1. The molecule has 1 unspecified atom stereocenters. The van der Waals surface area contributed by atoms with E-state index in [0.717, 1.165) is 16.8 Å². The maximum atomic E-state index is 12.1. The predicted molar refractivity (Wildman–Crippen MR) is 80.1 cm³/mol. The van der Waals surface area contributed by atoms with Gasteiger partial charge in [0.2, 0.25) is 10.0 Å². The number of aryl methyl sites for hydroxylation is 1. The molecule has 0 aromatic heterocycles. The summed E-state index contributed by atoms with van der Waals surface area (Å²) >= 11 is 0. The number of anilines is 1. The fraction of sp³-hybridized carbons (Fsp3) is 0.467. The van der Waals surface area contributed by atoms with Crippen molar-refractivity contribution in [3.8, 4) is 11.8 Å². The van der Waals surface area contributed by atoms with Crippen molar-refractivity contribution in [3.63, 3.8) is 0 Å². The molecule has 2 rings (SSSR count). The Balaban J connectivity index is 2.30. The fourth-order valence-corrected chi connectivity index (χ4v) is 4.37. The zero-order valence-electron chi connectivity index (χ0n) is 11.8. The van der Waals surface area contributed by atoms with Gasteiger partial charge in [-0.15, -0.1) is 0 Å². The SMILES string of the molecule is Cc1cc(C#CCCO)ccc1N1CC(C)CS1(=O)=O. The lowest BCUT2D eigenvalue weighted by Crippen LogP contribution is -2.26. The van der Waals surface area contributed by atoms with E-state index in [0.29, 0.717) is 13.0 Å². The molecular formula is C15H19NO3S. The van der Waals surface area contributed by atoms with Crippen LogP contribution in [0.3, 0.4) is 0 Å². The largest absolute Gasteiger partial charge is 0.395 e. The first-order valence-corrected chi connectivity index (χ1v) is 8.26. The first-order chi connectivity index (χ1) is 9.44. The van der Waals surface area contributed by atoms with Gasteiger partial charge in [0.1, 0.15) is 0 Å². The van der Waals surface area contributed by atoms with E-state index in [2.05, 4.69) is 11.8 Å². The molecule has 1 heterocycles. The van der Waals surface area contributed by atoms with Crippen molar-refractivity contribution in [2.24, 2.45) is 5.92 Å². The number of hydrogen-bond acceptors (Lipinski definition) is 3. The minimum Gasteiger partial charge on any atom is -0.395 e. The van der Waals surface area contributed by atoms with Crippen LogP contribution in [0.4, 0.5) is 5.69 Å². The van der Waals surface area contributed by atoms with Gasteiger partial charge in [-0.25, -0.2) is 8.42 Å². The molecule has 1 atom stereocenters. The molecule has 20 heavy (non-hydrogen) atoms. The van der Waals surface area contributed by atoms with Crippen LogP contribution in [0.15, 0.2) is 18.2 Å². The Labute approximate surface area is 120 Å². The van der Waals surface area contributed by atoms with Gasteiger partial charge < -0.3 is 5.11 Å². The Morgan fingerprint density at radius 3 is 2.75 bits per heavy atom. The number of aliphatic hydroxyl groups excluding tert-OH is 1.